The van der Waals surface area contributed by atoms with E-state index in [9.17, 15) is 4.39 Å². The number of halogens is 1. The Labute approximate surface area is 118 Å². The molecule has 106 valence electrons. The molecule has 2 aromatic rings. The van der Waals surface area contributed by atoms with E-state index >= 15 is 0 Å². The second-order valence-corrected chi connectivity index (χ2v) is 5.82. The Morgan fingerprint density at radius 1 is 1.15 bits per heavy atom. The van der Waals surface area contributed by atoms with Crippen LogP contribution in [0.15, 0.2) is 24.3 Å². The zero-order valence-corrected chi connectivity index (χ0v) is 12.2. The highest BCUT2D eigenvalue weighted by Gasteiger charge is 2.18. The molecule has 0 spiro atoms. The van der Waals surface area contributed by atoms with Crippen LogP contribution in [0.3, 0.4) is 0 Å². The molecule has 0 aliphatic heterocycles. The number of hydrogen-bond acceptors (Lipinski definition) is 4. The van der Waals surface area contributed by atoms with Crippen LogP contribution in [0.25, 0.3) is 11.4 Å². The van der Waals surface area contributed by atoms with Crippen LogP contribution in [0.1, 0.15) is 32.0 Å². The van der Waals surface area contributed by atoms with Crippen LogP contribution in [-0.4, -0.2) is 9.97 Å². The fourth-order valence-electron chi connectivity index (χ4n) is 1.82. The van der Waals surface area contributed by atoms with Crippen molar-refractivity contribution in [3.63, 3.8) is 0 Å². The smallest absolute Gasteiger partial charge is 0.161 e. The molecule has 1 heterocycles. The number of anilines is 1. The van der Waals surface area contributed by atoms with Crippen LogP contribution >= 0.6 is 0 Å². The molecule has 0 saturated carbocycles. The van der Waals surface area contributed by atoms with Gasteiger partial charge in [0.05, 0.1) is 5.69 Å². The number of benzene rings is 1. The van der Waals surface area contributed by atoms with Gasteiger partial charge in [0.25, 0.3) is 0 Å². The average molecular weight is 274 g/mol. The maximum absolute atomic E-state index is 13.4. The molecule has 0 aliphatic rings. The molecular weight excluding hydrogens is 255 g/mol. The van der Waals surface area contributed by atoms with Gasteiger partial charge in [-0.05, 0) is 30.7 Å². The summed E-state index contributed by atoms with van der Waals surface area (Å²) >= 11 is 0. The third kappa shape index (κ3) is 2.93. The highest BCUT2D eigenvalue weighted by molar-refractivity contribution is 5.59. The first-order chi connectivity index (χ1) is 9.31. The van der Waals surface area contributed by atoms with Gasteiger partial charge >= 0.3 is 0 Å². The van der Waals surface area contributed by atoms with Crippen molar-refractivity contribution >= 4 is 5.82 Å². The predicted molar refractivity (Wildman–Crippen MR) is 78.7 cm³/mol. The lowest BCUT2D eigenvalue weighted by atomic mass is 9.92. The van der Waals surface area contributed by atoms with Crippen molar-refractivity contribution in [1.82, 2.24) is 9.97 Å². The van der Waals surface area contributed by atoms with E-state index in [-0.39, 0.29) is 11.2 Å². The van der Waals surface area contributed by atoms with Gasteiger partial charge in [-0.2, -0.15) is 0 Å². The first kappa shape index (κ1) is 14.4. The van der Waals surface area contributed by atoms with Gasteiger partial charge < -0.3 is 5.43 Å². The van der Waals surface area contributed by atoms with Crippen molar-refractivity contribution in [2.24, 2.45) is 5.84 Å². The summed E-state index contributed by atoms with van der Waals surface area (Å²) in [4.78, 5) is 8.90. The minimum Gasteiger partial charge on any atom is -0.308 e. The topological polar surface area (TPSA) is 63.8 Å². The van der Waals surface area contributed by atoms with E-state index in [0.29, 0.717) is 17.2 Å². The fourth-order valence-corrected chi connectivity index (χ4v) is 1.82. The van der Waals surface area contributed by atoms with E-state index in [1.807, 2.05) is 6.07 Å². The quantitative estimate of drug-likeness (QED) is 0.652. The lowest BCUT2D eigenvalue weighted by Crippen LogP contribution is -2.17. The Hall–Kier alpha value is -2.01. The van der Waals surface area contributed by atoms with Crippen molar-refractivity contribution in [1.29, 1.82) is 0 Å². The molecule has 1 aromatic carbocycles. The second kappa shape index (κ2) is 5.17. The van der Waals surface area contributed by atoms with E-state index in [1.54, 1.807) is 19.1 Å². The highest BCUT2D eigenvalue weighted by atomic mass is 19.1. The van der Waals surface area contributed by atoms with E-state index in [2.05, 4.69) is 36.2 Å². The third-order valence-corrected chi connectivity index (χ3v) is 3.06. The summed E-state index contributed by atoms with van der Waals surface area (Å²) in [6.07, 6.45) is 0. The number of nitrogens with zero attached hydrogens (tertiary/aromatic N) is 2. The number of hydrazine groups is 1. The Morgan fingerprint density at radius 3 is 2.40 bits per heavy atom. The molecule has 3 N–H and O–H groups in total. The van der Waals surface area contributed by atoms with Crippen molar-refractivity contribution in [2.45, 2.75) is 33.1 Å². The Kier molecular flexibility index (Phi) is 3.72. The predicted octanol–water partition coefficient (Wildman–Crippen LogP) is 3.17. The van der Waals surface area contributed by atoms with Crippen LogP contribution in [0.4, 0.5) is 10.2 Å². The average Bonchev–Trinajstić information content (AvgIpc) is 2.40. The molecule has 0 radical (unpaired) electrons. The van der Waals surface area contributed by atoms with Gasteiger partial charge in [-0.25, -0.2) is 20.2 Å². The van der Waals surface area contributed by atoms with Crippen molar-refractivity contribution in [2.75, 3.05) is 5.43 Å². The fraction of sp³-hybridized carbons (Fsp3) is 0.333. The number of hydrogen-bond donors (Lipinski definition) is 2. The van der Waals surface area contributed by atoms with Gasteiger partial charge in [-0.15, -0.1) is 0 Å². The minimum atomic E-state index is -0.238. The molecule has 0 saturated heterocycles. The molecule has 0 aliphatic carbocycles. The SMILES string of the molecule is Cc1cc(-c2nc(NN)cc(C(C)(C)C)n2)ccc1F. The molecule has 0 atom stereocenters. The van der Waals surface area contributed by atoms with Gasteiger partial charge in [-0.3, -0.25) is 0 Å². The summed E-state index contributed by atoms with van der Waals surface area (Å²) in [6.45, 7) is 7.91. The summed E-state index contributed by atoms with van der Waals surface area (Å²) in [5, 5.41) is 0. The van der Waals surface area contributed by atoms with E-state index in [1.165, 1.54) is 6.07 Å². The van der Waals surface area contributed by atoms with E-state index in [0.717, 1.165) is 11.3 Å². The van der Waals surface area contributed by atoms with Gasteiger partial charge in [0.2, 0.25) is 0 Å². The first-order valence-electron chi connectivity index (χ1n) is 6.44. The van der Waals surface area contributed by atoms with Gasteiger partial charge in [-0.1, -0.05) is 20.8 Å². The Balaban J connectivity index is 2.58. The molecule has 4 nitrogen and oxygen atoms in total. The standard InChI is InChI=1S/C15H19FN4/c1-9-7-10(5-6-11(9)16)14-18-12(15(2,3)4)8-13(19-14)20-17/h5-8H,17H2,1-4H3,(H,18,19,20). The highest BCUT2D eigenvalue weighted by Crippen LogP contribution is 2.26. The van der Waals surface area contributed by atoms with Crippen LogP contribution in [0.5, 0.6) is 0 Å². The zero-order chi connectivity index (χ0) is 14.9. The summed E-state index contributed by atoms with van der Waals surface area (Å²) in [5.74, 6) is 6.30. The third-order valence-electron chi connectivity index (χ3n) is 3.06. The summed E-state index contributed by atoms with van der Waals surface area (Å²) in [5.41, 5.74) is 4.63. The maximum atomic E-state index is 13.4. The summed E-state index contributed by atoms with van der Waals surface area (Å²) < 4.78 is 13.4. The molecule has 5 heteroatoms. The lowest BCUT2D eigenvalue weighted by molar-refractivity contribution is 0.568. The number of nitrogens with one attached hydrogen (secondary N) is 1. The molecule has 0 fully saturated rings. The number of nitrogens with two attached hydrogens (primary N) is 1. The molecule has 0 unspecified atom stereocenters. The van der Waals surface area contributed by atoms with E-state index in [4.69, 9.17) is 5.84 Å². The normalized spacial score (nSPS) is 11.5. The van der Waals surface area contributed by atoms with Crippen molar-refractivity contribution < 1.29 is 4.39 Å². The molecule has 0 bridgehead atoms. The Morgan fingerprint density at radius 2 is 1.85 bits per heavy atom. The van der Waals surface area contributed by atoms with Crippen LogP contribution in [-0.2, 0) is 5.41 Å². The van der Waals surface area contributed by atoms with Crippen molar-refractivity contribution in [3.05, 3.63) is 41.3 Å². The van der Waals surface area contributed by atoms with Crippen LogP contribution in [0, 0.1) is 12.7 Å². The molecular formula is C15H19FN4. The van der Waals surface area contributed by atoms with Gasteiger partial charge in [0.15, 0.2) is 5.82 Å². The maximum Gasteiger partial charge on any atom is 0.161 e. The minimum absolute atomic E-state index is 0.127. The van der Waals surface area contributed by atoms with Crippen molar-refractivity contribution in [3.8, 4) is 11.4 Å². The van der Waals surface area contributed by atoms with Gasteiger partial charge in [0.1, 0.15) is 11.6 Å². The molecule has 2 rings (SSSR count). The van der Waals surface area contributed by atoms with E-state index < -0.39 is 0 Å². The molecule has 0 amide bonds. The number of aryl methyl sites for hydroxylation is 1. The van der Waals surface area contributed by atoms with Gasteiger partial charge in [0, 0.05) is 17.0 Å². The Bertz CT molecular complexity index is 632. The molecule has 1 aromatic heterocycles. The monoisotopic (exact) mass is 274 g/mol. The number of aromatic nitrogens is 2. The van der Waals surface area contributed by atoms with Crippen LogP contribution < -0.4 is 11.3 Å². The summed E-state index contributed by atoms with van der Waals surface area (Å²) in [6, 6.07) is 6.65. The van der Waals surface area contributed by atoms with Crippen LogP contribution in [0.2, 0.25) is 0 Å². The lowest BCUT2D eigenvalue weighted by Gasteiger charge is -2.19. The zero-order valence-electron chi connectivity index (χ0n) is 12.2. The summed E-state index contributed by atoms with van der Waals surface area (Å²) in [7, 11) is 0. The molecule has 20 heavy (non-hydrogen) atoms. The number of rotatable bonds is 2. The largest absolute Gasteiger partial charge is 0.308 e. The number of nitrogen functional groups attached to an aromatic ring is 1. The second-order valence-electron chi connectivity index (χ2n) is 5.82. The first-order valence-corrected chi connectivity index (χ1v) is 6.44.